The van der Waals surface area contributed by atoms with E-state index in [0.717, 1.165) is 21.5 Å². The Labute approximate surface area is 465 Å². The third-order valence-corrected chi connectivity index (χ3v) is 17.0. The zero-order valence-electron chi connectivity index (χ0n) is 42.8. The standard InChI is InChI=1S/C47H33N.C29H19Br/c1-5-16-34(17-6-1)35-28-31-40(32-29-35)48(39-23-11-4-12-24-39)44-27-15-26-42-46(44)45-41-25-14-13-18-36(41)30-33-43(45)47(42,37-19-7-2-8-20-37)38-21-9-3-10-22-38;30-26-17-9-16-24-28(26)27-23-15-8-7-10-20(23)18-19-25(27)29(24,21-11-3-1-4-12-21)22-13-5-2-6-14-22/h1-33H;1-19H. The van der Waals surface area contributed by atoms with Crippen molar-refractivity contribution in [2.24, 2.45) is 0 Å². The Balaban J connectivity index is 0.000000157. The largest absolute Gasteiger partial charge is 0.310 e. The predicted molar refractivity (Wildman–Crippen MR) is 330 cm³/mol. The lowest BCUT2D eigenvalue weighted by atomic mass is 9.67. The lowest BCUT2D eigenvalue weighted by Gasteiger charge is -2.34. The molecule has 0 aromatic heterocycles. The average Bonchev–Trinajstić information content (AvgIpc) is 4.05. The van der Waals surface area contributed by atoms with E-state index < -0.39 is 5.41 Å². The summed E-state index contributed by atoms with van der Waals surface area (Å²) >= 11 is 3.90. The van der Waals surface area contributed by atoms with Crippen molar-refractivity contribution in [3.8, 4) is 33.4 Å². The summed E-state index contributed by atoms with van der Waals surface area (Å²) in [6.07, 6.45) is 0. The van der Waals surface area contributed by atoms with Crippen molar-refractivity contribution in [2.45, 2.75) is 10.8 Å². The maximum absolute atomic E-state index is 3.90. The molecule has 0 radical (unpaired) electrons. The van der Waals surface area contributed by atoms with Crippen LogP contribution in [0, 0.1) is 0 Å². The van der Waals surface area contributed by atoms with Crippen LogP contribution in [0.5, 0.6) is 0 Å². The van der Waals surface area contributed by atoms with Crippen LogP contribution in [0.3, 0.4) is 0 Å². The van der Waals surface area contributed by atoms with E-state index in [2.05, 4.69) is 336 Å². The summed E-state index contributed by atoms with van der Waals surface area (Å²) in [6, 6.07) is 115. The van der Waals surface area contributed by atoms with Crippen molar-refractivity contribution in [2.75, 3.05) is 4.90 Å². The molecule has 15 rings (SSSR count). The zero-order valence-corrected chi connectivity index (χ0v) is 44.4. The SMILES string of the molecule is Brc1cccc2c1-c1c(ccc3ccccc13)C2(c1ccccc1)c1ccccc1.c1ccc(-c2ccc(N(c3ccccc3)c3cccc4c3-c3c(ccc5ccccc35)C4(c3ccccc3)c3ccccc3)cc2)cc1. The van der Waals surface area contributed by atoms with Crippen LogP contribution in [-0.4, -0.2) is 0 Å². The van der Waals surface area contributed by atoms with Crippen LogP contribution >= 0.6 is 15.9 Å². The second kappa shape index (κ2) is 19.7. The van der Waals surface area contributed by atoms with E-state index in [1.54, 1.807) is 0 Å². The molecule has 1 nitrogen and oxygen atoms in total. The maximum atomic E-state index is 3.90. The highest BCUT2D eigenvalue weighted by atomic mass is 79.9. The first-order valence-electron chi connectivity index (χ1n) is 26.9. The zero-order chi connectivity index (χ0) is 52.0. The third kappa shape index (κ3) is 7.43. The van der Waals surface area contributed by atoms with Crippen molar-refractivity contribution >= 4 is 54.5 Å². The van der Waals surface area contributed by atoms with Gasteiger partial charge in [-0.15, -0.1) is 0 Å². The number of halogens is 1. The monoisotopic (exact) mass is 1060 g/mol. The number of nitrogens with zero attached hydrogens (tertiary/aromatic N) is 1. The van der Waals surface area contributed by atoms with Crippen LogP contribution in [-0.2, 0) is 10.8 Å². The van der Waals surface area contributed by atoms with Crippen LogP contribution in [0.2, 0.25) is 0 Å². The van der Waals surface area contributed by atoms with Crippen LogP contribution in [0.1, 0.15) is 44.5 Å². The van der Waals surface area contributed by atoms with E-state index >= 15 is 0 Å². The Morgan fingerprint density at radius 3 is 1.09 bits per heavy atom. The molecule has 2 aliphatic rings. The Kier molecular flexibility index (Phi) is 11.9. The third-order valence-electron chi connectivity index (χ3n) is 16.3. The van der Waals surface area contributed by atoms with Crippen molar-refractivity contribution in [1.82, 2.24) is 0 Å². The number of hydrogen-bond acceptors (Lipinski definition) is 1. The summed E-state index contributed by atoms with van der Waals surface area (Å²) in [5, 5.41) is 5.09. The highest BCUT2D eigenvalue weighted by Crippen LogP contribution is 2.62. The number of para-hydroxylation sites is 1. The van der Waals surface area contributed by atoms with Gasteiger partial charge in [0.25, 0.3) is 0 Å². The quantitative estimate of drug-likeness (QED) is 0.147. The number of benzene rings is 13. The second-order valence-corrected chi connectivity index (χ2v) is 21.2. The van der Waals surface area contributed by atoms with Gasteiger partial charge in [-0.1, -0.05) is 295 Å². The van der Waals surface area contributed by atoms with Crippen LogP contribution < -0.4 is 4.90 Å². The molecule has 0 saturated carbocycles. The average molecular weight is 1060 g/mol. The molecule has 0 saturated heterocycles. The fraction of sp³-hybridized carbons (Fsp3) is 0.0263. The van der Waals surface area contributed by atoms with Crippen LogP contribution in [0.4, 0.5) is 17.1 Å². The normalized spacial score (nSPS) is 13.1. The number of fused-ring (bicyclic) bond motifs is 10. The van der Waals surface area contributed by atoms with Gasteiger partial charge in [0.2, 0.25) is 0 Å². The molecule has 78 heavy (non-hydrogen) atoms. The molecule has 0 spiro atoms. The summed E-state index contributed by atoms with van der Waals surface area (Å²) in [5.41, 5.74) is 20.6. The molecule has 2 aliphatic carbocycles. The number of rotatable bonds is 8. The summed E-state index contributed by atoms with van der Waals surface area (Å²) in [6.45, 7) is 0. The summed E-state index contributed by atoms with van der Waals surface area (Å²) in [7, 11) is 0. The van der Waals surface area contributed by atoms with Gasteiger partial charge in [-0.3, -0.25) is 0 Å². The lowest BCUT2D eigenvalue weighted by molar-refractivity contribution is 0.769. The van der Waals surface area contributed by atoms with Gasteiger partial charge in [0.05, 0.1) is 16.5 Å². The van der Waals surface area contributed by atoms with E-state index in [4.69, 9.17) is 0 Å². The lowest BCUT2D eigenvalue weighted by Crippen LogP contribution is -2.28. The molecule has 0 atom stereocenters. The molecule has 0 N–H and O–H groups in total. The molecule has 13 aromatic carbocycles. The van der Waals surface area contributed by atoms with Gasteiger partial charge in [-0.2, -0.15) is 0 Å². The fourth-order valence-corrected chi connectivity index (χ4v) is 13.7. The molecule has 0 aliphatic heterocycles. The first-order valence-corrected chi connectivity index (χ1v) is 27.7. The molecular weight excluding hydrogens is 1010 g/mol. The van der Waals surface area contributed by atoms with Gasteiger partial charge in [-0.05, 0) is 125 Å². The Morgan fingerprint density at radius 2 is 0.603 bits per heavy atom. The summed E-state index contributed by atoms with van der Waals surface area (Å²) in [4.78, 5) is 2.44. The number of hydrogen-bond donors (Lipinski definition) is 0. The molecule has 0 fully saturated rings. The van der Waals surface area contributed by atoms with E-state index in [-0.39, 0.29) is 5.41 Å². The van der Waals surface area contributed by atoms with Crippen molar-refractivity contribution in [3.63, 3.8) is 0 Å². The Bertz CT molecular complexity index is 4210. The Morgan fingerprint density at radius 1 is 0.244 bits per heavy atom. The minimum Gasteiger partial charge on any atom is -0.310 e. The first-order chi connectivity index (χ1) is 38.7. The van der Waals surface area contributed by atoms with E-state index in [1.165, 1.54) is 99.4 Å². The number of anilines is 3. The van der Waals surface area contributed by atoms with Crippen molar-refractivity contribution in [1.29, 1.82) is 0 Å². The van der Waals surface area contributed by atoms with Gasteiger partial charge < -0.3 is 4.90 Å². The molecule has 0 bridgehead atoms. The minimum atomic E-state index is -0.493. The van der Waals surface area contributed by atoms with Gasteiger partial charge in [0.1, 0.15) is 0 Å². The smallest absolute Gasteiger partial charge is 0.0714 e. The van der Waals surface area contributed by atoms with E-state index in [1.807, 2.05) is 0 Å². The molecular formula is C76H52BrN. The van der Waals surface area contributed by atoms with E-state index in [9.17, 15) is 0 Å². The highest BCUT2D eigenvalue weighted by Gasteiger charge is 2.49. The van der Waals surface area contributed by atoms with Gasteiger partial charge >= 0.3 is 0 Å². The predicted octanol–water partition coefficient (Wildman–Crippen LogP) is 20.3. The summed E-state index contributed by atoms with van der Waals surface area (Å²) in [5.74, 6) is 0. The molecule has 0 unspecified atom stereocenters. The molecule has 368 valence electrons. The van der Waals surface area contributed by atoms with Gasteiger partial charge in [0, 0.05) is 27.0 Å². The molecule has 2 heteroatoms. The Hall–Kier alpha value is -9.34. The fourth-order valence-electron chi connectivity index (χ4n) is 13.2. The molecule has 0 amide bonds. The van der Waals surface area contributed by atoms with Gasteiger partial charge in [0.15, 0.2) is 0 Å². The molecule has 13 aromatic rings. The molecule has 0 heterocycles. The van der Waals surface area contributed by atoms with Crippen LogP contribution in [0.15, 0.2) is 320 Å². The minimum absolute atomic E-state index is 0.346. The van der Waals surface area contributed by atoms with E-state index in [0.29, 0.717) is 0 Å². The summed E-state index contributed by atoms with van der Waals surface area (Å²) < 4.78 is 1.14. The van der Waals surface area contributed by atoms with Gasteiger partial charge in [-0.25, -0.2) is 0 Å². The van der Waals surface area contributed by atoms with Crippen molar-refractivity contribution in [3.05, 3.63) is 364 Å². The second-order valence-electron chi connectivity index (χ2n) is 20.3. The highest BCUT2D eigenvalue weighted by molar-refractivity contribution is 9.10. The topological polar surface area (TPSA) is 3.24 Å². The maximum Gasteiger partial charge on any atom is 0.0714 e. The van der Waals surface area contributed by atoms with Crippen molar-refractivity contribution < 1.29 is 0 Å². The van der Waals surface area contributed by atoms with Crippen LogP contribution in [0.25, 0.3) is 54.9 Å². The first kappa shape index (κ1) is 47.1.